The number of hydrogen-bond donors (Lipinski definition) is 1. The Hall–Kier alpha value is -1.71. The lowest BCUT2D eigenvalue weighted by Crippen LogP contribution is -2.58. The summed E-state index contributed by atoms with van der Waals surface area (Å²) in [6, 6.07) is 3.42. The number of ether oxygens (including phenoxy) is 1. The molecule has 0 bridgehead atoms. The van der Waals surface area contributed by atoms with Crippen LogP contribution in [0.3, 0.4) is 0 Å². The highest BCUT2D eigenvalue weighted by Crippen LogP contribution is 2.31. The first kappa shape index (κ1) is 15.7. The number of benzene rings is 1. The van der Waals surface area contributed by atoms with Crippen molar-refractivity contribution in [2.24, 2.45) is 0 Å². The minimum Gasteiger partial charge on any atom is -0.495 e. The first-order valence-corrected chi connectivity index (χ1v) is 7.90. The molecule has 1 aliphatic rings. The summed E-state index contributed by atoms with van der Waals surface area (Å²) in [5, 5.41) is 13.8. The number of rotatable bonds is 6. The van der Waals surface area contributed by atoms with Crippen molar-refractivity contribution in [3.05, 3.63) is 28.3 Å². The molecule has 0 spiro atoms. The van der Waals surface area contributed by atoms with Crippen LogP contribution in [0.4, 0.5) is 5.69 Å². The van der Waals surface area contributed by atoms with Crippen LogP contribution in [-0.4, -0.2) is 50.4 Å². The molecule has 9 heteroatoms. The van der Waals surface area contributed by atoms with Crippen LogP contribution in [0.25, 0.3) is 0 Å². The average Bonchev–Trinajstić information content (AvgIpc) is 2.41. The predicted molar refractivity (Wildman–Crippen MR) is 75.9 cm³/mol. The maximum atomic E-state index is 12.7. The Morgan fingerprint density at radius 1 is 1.48 bits per heavy atom. The first-order valence-electron chi connectivity index (χ1n) is 6.46. The number of likely N-dealkylation sites (N-methyl/N-ethyl adjacent to an activating group) is 1. The fraction of sp³-hybridized carbons (Fsp3) is 0.500. The van der Waals surface area contributed by atoms with E-state index in [-0.39, 0.29) is 22.4 Å². The number of methoxy groups -OCH3 is 1. The van der Waals surface area contributed by atoms with Crippen LogP contribution in [0.5, 0.6) is 5.75 Å². The number of nitro benzene ring substituents is 1. The zero-order chi connectivity index (χ0) is 15.6. The van der Waals surface area contributed by atoms with Gasteiger partial charge in [0, 0.05) is 25.7 Å². The van der Waals surface area contributed by atoms with Crippen molar-refractivity contribution >= 4 is 15.7 Å². The van der Waals surface area contributed by atoms with Crippen LogP contribution in [0.2, 0.25) is 0 Å². The summed E-state index contributed by atoms with van der Waals surface area (Å²) in [5.74, 6) is -0.0186. The third-order valence-electron chi connectivity index (χ3n) is 3.42. The Bertz CT molecular complexity index is 642. The van der Waals surface area contributed by atoms with E-state index in [0.29, 0.717) is 19.6 Å². The van der Waals surface area contributed by atoms with Gasteiger partial charge in [-0.3, -0.25) is 10.1 Å². The summed E-state index contributed by atoms with van der Waals surface area (Å²) in [4.78, 5) is 10.1. The minimum absolute atomic E-state index is 0.0186. The van der Waals surface area contributed by atoms with Crippen molar-refractivity contribution in [1.29, 1.82) is 0 Å². The monoisotopic (exact) mass is 315 g/mol. The van der Waals surface area contributed by atoms with Gasteiger partial charge in [-0.2, -0.15) is 4.31 Å². The predicted octanol–water partition coefficient (Wildman–Crippen LogP) is 0.586. The molecule has 0 aromatic heterocycles. The Morgan fingerprint density at radius 2 is 2.14 bits per heavy atom. The third kappa shape index (κ3) is 2.85. The highest BCUT2D eigenvalue weighted by molar-refractivity contribution is 7.89. The van der Waals surface area contributed by atoms with E-state index in [4.69, 9.17) is 4.74 Å². The fourth-order valence-corrected chi connectivity index (χ4v) is 3.98. The highest BCUT2D eigenvalue weighted by Gasteiger charge is 2.35. The van der Waals surface area contributed by atoms with Crippen molar-refractivity contribution in [1.82, 2.24) is 9.62 Å². The molecule has 1 heterocycles. The zero-order valence-corrected chi connectivity index (χ0v) is 12.6. The van der Waals surface area contributed by atoms with Gasteiger partial charge in [0.25, 0.3) is 5.69 Å². The van der Waals surface area contributed by atoms with Crippen LogP contribution < -0.4 is 10.1 Å². The second kappa shape index (κ2) is 5.96. The Balaban J connectivity index is 2.45. The van der Waals surface area contributed by atoms with Gasteiger partial charge in [-0.25, -0.2) is 8.42 Å². The summed E-state index contributed by atoms with van der Waals surface area (Å²) in [7, 11) is -2.46. The highest BCUT2D eigenvalue weighted by atomic mass is 32.2. The van der Waals surface area contributed by atoms with Crippen LogP contribution in [0.15, 0.2) is 23.1 Å². The topological polar surface area (TPSA) is 102 Å². The lowest BCUT2D eigenvalue weighted by atomic mass is 10.2. The molecule has 0 saturated carbocycles. The van der Waals surface area contributed by atoms with Gasteiger partial charge >= 0.3 is 0 Å². The van der Waals surface area contributed by atoms with Gasteiger partial charge in [0.2, 0.25) is 10.0 Å². The molecule has 1 fully saturated rings. The normalized spacial score (nSPS) is 15.8. The van der Waals surface area contributed by atoms with Crippen molar-refractivity contribution in [3.8, 4) is 5.75 Å². The van der Waals surface area contributed by atoms with Gasteiger partial charge in [0.1, 0.15) is 10.6 Å². The Kier molecular flexibility index (Phi) is 4.45. The number of non-ortho nitro benzene ring substituents is 1. The summed E-state index contributed by atoms with van der Waals surface area (Å²) in [6.45, 7) is 3.29. The largest absolute Gasteiger partial charge is 0.495 e. The molecule has 0 amide bonds. The van der Waals surface area contributed by atoms with E-state index in [1.165, 1.54) is 23.5 Å². The average molecular weight is 315 g/mol. The lowest BCUT2D eigenvalue weighted by molar-refractivity contribution is -0.385. The number of sulfonamides is 1. The van der Waals surface area contributed by atoms with E-state index in [2.05, 4.69) is 5.32 Å². The van der Waals surface area contributed by atoms with E-state index in [1.807, 2.05) is 0 Å². The third-order valence-corrected chi connectivity index (χ3v) is 5.49. The molecule has 1 aromatic carbocycles. The molecule has 8 nitrogen and oxygen atoms in total. The molecule has 21 heavy (non-hydrogen) atoms. The maximum absolute atomic E-state index is 12.7. The number of nitrogens with one attached hydrogen (secondary N) is 1. The summed E-state index contributed by atoms with van der Waals surface area (Å²) in [6.07, 6.45) is 0. The quantitative estimate of drug-likeness (QED) is 0.609. The molecular weight excluding hydrogens is 298 g/mol. The van der Waals surface area contributed by atoms with E-state index in [9.17, 15) is 18.5 Å². The molecule has 116 valence electrons. The summed E-state index contributed by atoms with van der Waals surface area (Å²) < 4.78 is 31.8. The smallest absolute Gasteiger partial charge is 0.273 e. The zero-order valence-electron chi connectivity index (χ0n) is 11.8. The van der Waals surface area contributed by atoms with Gasteiger partial charge in [-0.05, 0) is 6.07 Å². The SMILES string of the molecule is CCN(C1CNC1)S(=O)(=O)c1ccc([N+](=O)[O-])cc1OC. The molecule has 0 unspecified atom stereocenters. The van der Waals surface area contributed by atoms with Gasteiger partial charge < -0.3 is 10.1 Å². The van der Waals surface area contributed by atoms with Crippen LogP contribution in [-0.2, 0) is 10.0 Å². The van der Waals surface area contributed by atoms with Crippen molar-refractivity contribution in [2.75, 3.05) is 26.7 Å². The Morgan fingerprint density at radius 3 is 2.57 bits per heavy atom. The lowest BCUT2D eigenvalue weighted by Gasteiger charge is -2.36. The van der Waals surface area contributed by atoms with Gasteiger partial charge in [0.05, 0.1) is 24.1 Å². The second-order valence-electron chi connectivity index (χ2n) is 4.61. The van der Waals surface area contributed by atoms with Crippen molar-refractivity contribution in [2.45, 2.75) is 17.9 Å². The van der Waals surface area contributed by atoms with Gasteiger partial charge in [0.15, 0.2) is 0 Å². The molecule has 2 rings (SSSR count). The van der Waals surface area contributed by atoms with E-state index in [1.54, 1.807) is 6.92 Å². The minimum atomic E-state index is -3.75. The molecule has 1 N–H and O–H groups in total. The number of nitrogens with zero attached hydrogens (tertiary/aromatic N) is 2. The second-order valence-corrected chi connectivity index (χ2v) is 6.47. The number of hydrogen-bond acceptors (Lipinski definition) is 6. The molecule has 0 aliphatic carbocycles. The fourth-order valence-electron chi connectivity index (χ4n) is 2.21. The number of nitro groups is 1. The molecule has 0 atom stereocenters. The molecule has 1 saturated heterocycles. The van der Waals surface area contributed by atoms with Crippen molar-refractivity contribution in [3.63, 3.8) is 0 Å². The van der Waals surface area contributed by atoms with Crippen LogP contribution in [0.1, 0.15) is 6.92 Å². The van der Waals surface area contributed by atoms with E-state index in [0.717, 1.165) is 6.07 Å². The maximum Gasteiger partial charge on any atom is 0.273 e. The van der Waals surface area contributed by atoms with E-state index >= 15 is 0 Å². The molecule has 1 aromatic rings. The Labute approximate surface area is 122 Å². The standard InChI is InChI=1S/C12H17N3O5S/c1-3-14(10-7-13-8-10)21(18,19)12-5-4-9(15(16)17)6-11(12)20-2/h4-6,10,13H,3,7-8H2,1-2H3. The van der Waals surface area contributed by atoms with Crippen LogP contribution >= 0.6 is 0 Å². The van der Waals surface area contributed by atoms with Gasteiger partial charge in [-0.1, -0.05) is 6.92 Å². The van der Waals surface area contributed by atoms with Crippen molar-refractivity contribution < 1.29 is 18.1 Å². The molecule has 0 radical (unpaired) electrons. The molecule has 1 aliphatic heterocycles. The molecular formula is C12H17N3O5S. The van der Waals surface area contributed by atoms with Crippen LogP contribution in [0, 0.1) is 10.1 Å². The summed E-state index contributed by atoms with van der Waals surface area (Å²) >= 11 is 0. The summed E-state index contributed by atoms with van der Waals surface area (Å²) in [5.41, 5.74) is -0.209. The first-order chi connectivity index (χ1) is 9.91. The van der Waals surface area contributed by atoms with Gasteiger partial charge in [-0.15, -0.1) is 0 Å². The van der Waals surface area contributed by atoms with E-state index < -0.39 is 14.9 Å².